The first-order chi connectivity index (χ1) is 11.8. The Labute approximate surface area is 139 Å². The Morgan fingerprint density at radius 3 is 2.71 bits per heavy atom. The van der Waals surface area contributed by atoms with Gasteiger partial charge in [0.15, 0.2) is 5.82 Å². The second-order valence-corrected chi connectivity index (χ2v) is 5.81. The van der Waals surface area contributed by atoms with E-state index in [2.05, 4.69) is 32.8 Å². The predicted octanol–water partition coefficient (Wildman–Crippen LogP) is 2.94. The van der Waals surface area contributed by atoms with Crippen molar-refractivity contribution in [1.82, 2.24) is 20.1 Å². The van der Waals surface area contributed by atoms with Crippen LogP contribution >= 0.6 is 0 Å². The Balaban J connectivity index is 1.32. The maximum absolute atomic E-state index is 12.1. The van der Waals surface area contributed by atoms with E-state index < -0.39 is 0 Å². The van der Waals surface area contributed by atoms with Crippen molar-refractivity contribution in [2.75, 3.05) is 5.32 Å². The fraction of sp³-hybridized carbons (Fsp3) is 0.167. The second-order valence-electron chi connectivity index (χ2n) is 5.81. The van der Waals surface area contributed by atoms with Crippen LogP contribution in [0.1, 0.15) is 17.9 Å². The van der Waals surface area contributed by atoms with Crippen LogP contribution in [0.2, 0.25) is 0 Å². The molecule has 1 aliphatic carbocycles. The van der Waals surface area contributed by atoms with Crippen LogP contribution in [0.4, 0.5) is 10.5 Å². The third kappa shape index (κ3) is 3.12. The molecule has 2 aromatic heterocycles. The zero-order valence-corrected chi connectivity index (χ0v) is 13.0. The quantitative estimate of drug-likeness (QED) is 0.776. The van der Waals surface area contributed by atoms with E-state index in [0.29, 0.717) is 17.4 Å². The number of aromatic nitrogens is 3. The summed E-state index contributed by atoms with van der Waals surface area (Å²) in [5, 5.41) is 9.93. The maximum Gasteiger partial charge on any atom is 0.319 e. The molecule has 0 aliphatic heterocycles. The smallest absolute Gasteiger partial charge is 0.319 e. The molecule has 0 saturated heterocycles. The first-order valence-electron chi connectivity index (χ1n) is 7.88. The van der Waals surface area contributed by atoms with E-state index in [1.54, 1.807) is 17.1 Å². The average Bonchev–Trinajstić information content (AvgIpc) is 3.15. The van der Waals surface area contributed by atoms with E-state index in [1.807, 2.05) is 42.6 Å². The van der Waals surface area contributed by atoms with Crippen molar-refractivity contribution in [2.45, 2.75) is 18.4 Å². The Hall–Kier alpha value is -3.15. The van der Waals surface area contributed by atoms with E-state index in [0.717, 1.165) is 6.42 Å². The van der Waals surface area contributed by atoms with Gasteiger partial charge in [-0.05, 0) is 30.2 Å². The molecule has 4 rings (SSSR count). The van der Waals surface area contributed by atoms with Crippen LogP contribution in [-0.2, 0) is 0 Å². The molecule has 1 aromatic carbocycles. The van der Waals surface area contributed by atoms with Crippen LogP contribution in [-0.4, -0.2) is 26.8 Å². The third-order valence-electron chi connectivity index (χ3n) is 4.08. The highest BCUT2D eigenvalue weighted by Crippen LogP contribution is 2.40. The van der Waals surface area contributed by atoms with Crippen molar-refractivity contribution < 1.29 is 4.79 Å². The number of hydrogen-bond acceptors (Lipinski definition) is 3. The number of pyridine rings is 1. The van der Waals surface area contributed by atoms with Crippen LogP contribution in [0, 0.1) is 0 Å². The highest BCUT2D eigenvalue weighted by Gasteiger charge is 2.39. The molecular formula is C18H17N5O. The molecule has 1 aliphatic rings. The average molecular weight is 319 g/mol. The lowest BCUT2D eigenvalue weighted by Gasteiger charge is -2.08. The first-order valence-corrected chi connectivity index (χ1v) is 7.88. The molecule has 1 fully saturated rings. The summed E-state index contributed by atoms with van der Waals surface area (Å²) in [6.07, 6.45) is 6.12. The summed E-state index contributed by atoms with van der Waals surface area (Å²) in [5.74, 6) is 1.12. The predicted molar refractivity (Wildman–Crippen MR) is 91.1 cm³/mol. The van der Waals surface area contributed by atoms with Crippen molar-refractivity contribution in [3.8, 4) is 5.82 Å². The minimum Gasteiger partial charge on any atom is -0.334 e. The van der Waals surface area contributed by atoms with E-state index in [4.69, 9.17) is 0 Å². The third-order valence-corrected chi connectivity index (χ3v) is 4.08. The monoisotopic (exact) mass is 319 g/mol. The summed E-state index contributed by atoms with van der Waals surface area (Å²) in [6, 6.07) is 15.7. The summed E-state index contributed by atoms with van der Waals surface area (Å²) < 4.78 is 1.67. The fourth-order valence-corrected chi connectivity index (χ4v) is 2.76. The van der Waals surface area contributed by atoms with Gasteiger partial charge in [0, 0.05) is 24.4 Å². The normalized spacial score (nSPS) is 18.8. The topological polar surface area (TPSA) is 71.8 Å². The van der Waals surface area contributed by atoms with Gasteiger partial charge in [-0.1, -0.05) is 30.3 Å². The lowest BCUT2D eigenvalue weighted by atomic mass is 10.1. The highest BCUT2D eigenvalue weighted by molar-refractivity contribution is 5.89. The number of anilines is 1. The van der Waals surface area contributed by atoms with Gasteiger partial charge in [-0.15, -0.1) is 0 Å². The number of benzene rings is 1. The summed E-state index contributed by atoms with van der Waals surface area (Å²) in [6.45, 7) is 0. The molecule has 0 spiro atoms. The summed E-state index contributed by atoms with van der Waals surface area (Å²) in [4.78, 5) is 16.4. The van der Waals surface area contributed by atoms with Crippen molar-refractivity contribution in [2.24, 2.45) is 0 Å². The van der Waals surface area contributed by atoms with Gasteiger partial charge >= 0.3 is 6.03 Å². The second kappa shape index (κ2) is 6.16. The molecule has 2 atom stereocenters. The highest BCUT2D eigenvalue weighted by atomic mass is 16.2. The van der Waals surface area contributed by atoms with Crippen molar-refractivity contribution in [1.29, 1.82) is 0 Å². The lowest BCUT2D eigenvalue weighted by molar-refractivity contribution is 0.251. The molecule has 2 heterocycles. The van der Waals surface area contributed by atoms with E-state index in [-0.39, 0.29) is 12.1 Å². The van der Waals surface area contributed by atoms with Crippen molar-refractivity contribution in [3.05, 3.63) is 72.7 Å². The SMILES string of the molecule is O=C(Nc1ccc(-n2cccn2)nc1)NC1CC1c1ccccc1. The molecule has 3 aromatic rings. The number of hydrogen-bond donors (Lipinski definition) is 2. The van der Waals surface area contributed by atoms with Crippen LogP contribution in [0.5, 0.6) is 0 Å². The van der Waals surface area contributed by atoms with Crippen LogP contribution in [0.15, 0.2) is 67.1 Å². The van der Waals surface area contributed by atoms with Gasteiger partial charge in [0.1, 0.15) is 0 Å². The van der Waals surface area contributed by atoms with Crippen LogP contribution in [0.3, 0.4) is 0 Å². The van der Waals surface area contributed by atoms with Gasteiger partial charge < -0.3 is 10.6 Å². The molecule has 1 saturated carbocycles. The molecule has 0 bridgehead atoms. The number of urea groups is 1. The summed E-state index contributed by atoms with van der Waals surface area (Å²) in [7, 11) is 0. The Bertz CT molecular complexity index is 814. The van der Waals surface area contributed by atoms with Crippen LogP contribution in [0.25, 0.3) is 5.82 Å². The molecular weight excluding hydrogens is 302 g/mol. The minimum atomic E-state index is -0.202. The van der Waals surface area contributed by atoms with E-state index in [1.165, 1.54) is 5.56 Å². The van der Waals surface area contributed by atoms with E-state index >= 15 is 0 Å². The molecule has 120 valence electrons. The van der Waals surface area contributed by atoms with E-state index in [9.17, 15) is 4.79 Å². The maximum atomic E-state index is 12.1. The Morgan fingerprint density at radius 1 is 1.12 bits per heavy atom. The number of carbonyl (C=O) groups is 1. The molecule has 6 nitrogen and oxygen atoms in total. The molecule has 2 N–H and O–H groups in total. The van der Waals surface area contributed by atoms with Crippen molar-refractivity contribution >= 4 is 11.7 Å². The standard InChI is InChI=1S/C18H17N5O/c24-18(22-16-11-15(16)13-5-2-1-3-6-13)21-14-7-8-17(19-12-14)23-10-4-9-20-23/h1-10,12,15-16H,11H2,(H2,21,22,24). The van der Waals surface area contributed by atoms with Gasteiger partial charge in [-0.3, -0.25) is 0 Å². The van der Waals surface area contributed by atoms with Crippen molar-refractivity contribution in [3.63, 3.8) is 0 Å². The molecule has 24 heavy (non-hydrogen) atoms. The Morgan fingerprint density at radius 2 is 2.00 bits per heavy atom. The van der Waals surface area contributed by atoms with Gasteiger partial charge in [-0.2, -0.15) is 5.10 Å². The summed E-state index contributed by atoms with van der Waals surface area (Å²) in [5.41, 5.74) is 1.92. The van der Waals surface area contributed by atoms with Crippen LogP contribution < -0.4 is 10.6 Å². The Kier molecular flexibility index (Phi) is 3.70. The lowest BCUT2D eigenvalue weighted by Crippen LogP contribution is -2.31. The molecule has 2 amide bonds. The zero-order chi connectivity index (χ0) is 16.4. The molecule has 0 radical (unpaired) electrons. The number of rotatable bonds is 4. The zero-order valence-electron chi connectivity index (χ0n) is 13.0. The number of amides is 2. The van der Waals surface area contributed by atoms with Gasteiger partial charge in [0.2, 0.25) is 0 Å². The molecule has 6 heteroatoms. The fourth-order valence-electron chi connectivity index (χ4n) is 2.76. The van der Waals surface area contributed by atoms with Gasteiger partial charge in [-0.25, -0.2) is 14.5 Å². The summed E-state index contributed by atoms with van der Waals surface area (Å²) >= 11 is 0. The van der Waals surface area contributed by atoms with Gasteiger partial charge in [0.25, 0.3) is 0 Å². The van der Waals surface area contributed by atoms with Gasteiger partial charge in [0.05, 0.1) is 11.9 Å². The minimum absolute atomic E-state index is 0.198. The number of nitrogens with zero attached hydrogens (tertiary/aromatic N) is 3. The number of nitrogens with one attached hydrogen (secondary N) is 2. The first kappa shape index (κ1) is 14.4. The number of carbonyl (C=O) groups excluding carboxylic acids is 1. The molecule has 2 unspecified atom stereocenters. The largest absolute Gasteiger partial charge is 0.334 e.